The molecule has 1 saturated carbocycles. The Hall–Kier alpha value is -3.49. The summed E-state index contributed by atoms with van der Waals surface area (Å²) in [5, 5.41) is 14.1. The minimum Gasteiger partial charge on any atom is -0.481 e. The number of halogens is 2. The molecule has 0 heterocycles. The molecular formula is C25H26F2N2O5. The molecule has 1 fully saturated rings. The average Bonchev–Trinajstić information content (AvgIpc) is 3.10. The van der Waals surface area contributed by atoms with Crippen LogP contribution in [0.3, 0.4) is 0 Å². The van der Waals surface area contributed by atoms with Gasteiger partial charge >= 0.3 is 12.1 Å². The smallest absolute Gasteiger partial charge is 0.407 e. The largest absolute Gasteiger partial charge is 0.481 e. The van der Waals surface area contributed by atoms with Gasteiger partial charge in [0, 0.05) is 24.3 Å². The highest BCUT2D eigenvalue weighted by Gasteiger charge is 2.37. The minimum atomic E-state index is -2.44. The number of fused-ring (bicyclic) bond motifs is 3. The Labute approximate surface area is 195 Å². The third-order valence-electron chi connectivity index (χ3n) is 6.48. The van der Waals surface area contributed by atoms with E-state index in [1.807, 2.05) is 48.5 Å². The predicted molar refractivity (Wildman–Crippen MR) is 120 cm³/mol. The van der Waals surface area contributed by atoms with Crippen LogP contribution in [0.2, 0.25) is 0 Å². The molecule has 2 aromatic carbocycles. The quantitative estimate of drug-likeness (QED) is 0.513. The van der Waals surface area contributed by atoms with Gasteiger partial charge in [-0.3, -0.25) is 9.59 Å². The number of aliphatic carboxylic acids is 1. The van der Waals surface area contributed by atoms with E-state index in [0.29, 0.717) is 0 Å². The predicted octanol–water partition coefficient (Wildman–Crippen LogP) is 3.92. The number of carbonyl (C=O) groups is 3. The van der Waals surface area contributed by atoms with Crippen molar-refractivity contribution in [2.24, 2.45) is 5.92 Å². The molecule has 2 aliphatic rings. The molecule has 1 atom stereocenters. The molecule has 0 bridgehead atoms. The molecule has 0 radical (unpaired) electrons. The van der Waals surface area contributed by atoms with Crippen LogP contribution < -0.4 is 10.6 Å². The Morgan fingerprint density at radius 1 is 1.00 bits per heavy atom. The number of alkyl carbamates (subject to hydrolysis) is 1. The van der Waals surface area contributed by atoms with Gasteiger partial charge in [-0.05, 0) is 41.5 Å². The van der Waals surface area contributed by atoms with Gasteiger partial charge in [-0.15, -0.1) is 0 Å². The fraction of sp³-hybridized carbons (Fsp3) is 0.400. The second kappa shape index (κ2) is 10.2. The molecule has 9 heteroatoms. The van der Waals surface area contributed by atoms with E-state index in [1.165, 1.54) is 0 Å². The molecule has 180 valence electrons. The molecule has 1 unspecified atom stereocenters. The molecule has 7 nitrogen and oxygen atoms in total. The number of alkyl halides is 2. The van der Waals surface area contributed by atoms with Crippen LogP contribution in [0, 0.1) is 5.92 Å². The molecule has 4 rings (SSSR count). The molecule has 0 saturated heterocycles. The lowest BCUT2D eigenvalue weighted by Gasteiger charge is -2.36. The summed E-state index contributed by atoms with van der Waals surface area (Å²) in [5.41, 5.74) is 4.23. The van der Waals surface area contributed by atoms with Gasteiger partial charge in [0.15, 0.2) is 0 Å². The fourth-order valence-electron chi connectivity index (χ4n) is 4.61. The molecule has 2 amide bonds. The molecule has 2 aliphatic carbocycles. The number of hydrogen-bond acceptors (Lipinski definition) is 4. The highest BCUT2D eigenvalue weighted by molar-refractivity contribution is 5.86. The number of carbonyl (C=O) groups excluding carboxylic acids is 2. The first-order valence-electron chi connectivity index (χ1n) is 11.2. The number of carboxylic acids is 1. The van der Waals surface area contributed by atoms with Crippen molar-refractivity contribution < 1.29 is 33.0 Å². The molecule has 0 aliphatic heterocycles. The van der Waals surface area contributed by atoms with Crippen LogP contribution in [0.25, 0.3) is 11.1 Å². The summed E-state index contributed by atoms with van der Waals surface area (Å²) < 4.78 is 30.8. The molecule has 34 heavy (non-hydrogen) atoms. The highest BCUT2D eigenvalue weighted by Crippen LogP contribution is 2.44. The highest BCUT2D eigenvalue weighted by atomic mass is 19.3. The summed E-state index contributed by atoms with van der Waals surface area (Å²) >= 11 is 0. The van der Waals surface area contributed by atoms with Crippen molar-refractivity contribution >= 4 is 18.0 Å². The number of ether oxygens (including phenoxy) is 1. The number of benzene rings is 2. The van der Waals surface area contributed by atoms with E-state index in [2.05, 4.69) is 10.6 Å². The van der Waals surface area contributed by atoms with Crippen LogP contribution >= 0.6 is 0 Å². The first-order chi connectivity index (χ1) is 16.3. The zero-order valence-corrected chi connectivity index (χ0v) is 18.4. The van der Waals surface area contributed by atoms with Crippen molar-refractivity contribution in [1.29, 1.82) is 0 Å². The number of amides is 2. The van der Waals surface area contributed by atoms with Crippen LogP contribution in [-0.4, -0.2) is 48.2 Å². The molecule has 0 spiro atoms. The number of hydrogen-bond donors (Lipinski definition) is 3. The third-order valence-corrected chi connectivity index (χ3v) is 6.48. The summed E-state index contributed by atoms with van der Waals surface area (Å²) in [6, 6.07) is 14.2. The van der Waals surface area contributed by atoms with E-state index in [9.17, 15) is 23.2 Å². The number of rotatable bonds is 9. The first-order valence-corrected chi connectivity index (χ1v) is 11.2. The Kier molecular flexibility index (Phi) is 7.09. The number of nitrogens with one attached hydrogen (secondary N) is 2. The first kappa shape index (κ1) is 23.7. The molecule has 3 N–H and O–H groups in total. The monoisotopic (exact) mass is 472 g/mol. The van der Waals surface area contributed by atoms with Gasteiger partial charge in [0.2, 0.25) is 12.3 Å². The summed E-state index contributed by atoms with van der Waals surface area (Å²) in [7, 11) is 0. The minimum absolute atomic E-state index is 0.0474. The second-order valence-corrected chi connectivity index (χ2v) is 8.73. The van der Waals surface area contributed by atoms with E-state index in [4.69, 9.17) is 9.84 Å². The van der Waals surface area contributed by atoms with Crippen LogP contribution in [0.4, 0.5) is 13.6 Å². The standard InChI is InChI=1S/C25H26F2N2O5/c26-23(27)14-11-15(12-14)28-24(32)21(9-10-22(30)31)29-25(33)34-13-20-18-7-3-1-5-16(18)17-6-2-4-8-19(17)20/h1-8,14-15,20-21,23H,9-13H2,(H,28,32)(H,29,33)(H,30,31). The lowest BCUT2D eigenvalue weighted by atomic mass is 9.80. The lowest BCUT2D eigenvalue weighted by molar-refractivity contribution is -0.137. The van der Waals surface area contributed by atoms with E-state index >= 15 is 0 Å². The van der Waals surface area contributed by atoms with Crippen molar-refractivity contribution in [2.75, 3.05) is 6.61 Å². The van der Waals surface area contributed by atoms with E-state index < -0.39 is 42.4 Å². The fourth-order valence-corrected chi connectivity index (χ4v) is 4.61. The zero-order valence-electron chi connectivity index (χ0n) is 18.4. The van der Waals surface area contributed by atoms with Crippen molar-refractivity contribution in [2.45, 2.75) is 50.1 Å². The maximum absolute atomic E-state index is 12.7. The Balaban J connectivity index is 1.36. The topological polar surface area (TPSA) is 105 Å². The van der Waals surface area contributed by atoms with E-state index in [1.54, 1.807) is 0 Å². The van der Waals surface area contributed by atoms with Crippen molar-refractivity contribution in [1.82, 2.24) is 10.6 Å². The van der Waals surface area contributed by atoms with E-state index in [-0.39, 0.29) is 38.2 Å². The van der Waals surface area contributed by atoms with Gasteiger partial charge in [0.1, 0.15) is 12.6 Å². The third kappa shape index (κ3) is 5.18. The Morgan fingerprint density at radius 2 is 1.59 bits per heavy atom. The summed E-state index contributed by atoms with van der Waals surface area (Å²) in [6.45, 7) is 0.0474. The number of carboxylic acid groups (broad SMARTS) is 1. The van der Waals surface area contributed by atoms with Crippen LogP contribution in [-0.2, 0) is 14.3 Å². The average molecular weight is 472 g/mol. The second-order valence-electron chi connectivity index (χ2n) is 8.73. The molecule has 2 aromatic rings. The lowest BCUT2D eigenvalue weighted by Crippen LogP contribution is -2.53. The van der Waals surface area contributed by atoms with E-state index in [0.717, 1.165) is 22.3 Å². The van der Waals surface area contributed by atoms with Gasteiger partial charge in [-0.25, -0.2) is 13.6 Å². The Morgan fingerprint density at radius 3 is 2.15 bits per heavy atom. The normalized spacial score (nSPS) is 19.5. The van der Waals surface area contributed by atoms with Crippen LogP contribution in [0.15, 0.2) is 48.5 Å². The van der Waals surface area contributed by atoms with Crippen molar-refractivity contribution in [3.63, 3.8) is 0 Å². The van der Waals surface area contributed by atoms with Gasteiger partial charge in [-0.1, -0.05) is 48.5 Å². The summed E-state index contributed by atoms with van der Waals surface area (Å²) in [5.74, 6) is -2.63. The molecular weight excluding hydrogens is 446 g/mol. The Bertz CT molecular complexity index is 1030. The molecule has 0 aromatic heterocycles. The summed E-state index contributed by atoms with van der Waals surface area (Å²) in [6.07, 6.45) is -3.45. The van der Waals surface area contributed by atoms with Crippen molar-refractivity contribution in [3.05, 3.63) is 59.7 Å². The van der Waals surface area contributed by atoms with Gasteiger partial charge < -0.3 is 20.5 Å². The van der Waals surface area contributed by atoms with Crippen LogP contribution in [0.1, 0.15) is 42.7 Å². The van der Waals surface area contributed by atoms with Crippen molar-refractivity contribution in [3.8, 4) is 11.1 Å². The van der Waals surface area contributed by atoms with Gasteiger partial charge in [0.25, 0.3) is 0 Å². The SMILES string of the molecule is O=C(O)CCC(NC(=O)OCC1c2ccccc2-c2ccccc21)C(=O)NC1CC(C(F)F)C1. The maximum Gasteiger partial charge on any atom is 0.407 e. The van der Waals surface area contributed by atoms with Gasteiger partial charge in [0.05, 0.1) is 0 Å². The maximum atomic E-state index is 12.7. The van der Waals surface area contributed by atoms with Crippen LogP contribution in [0.5, 0.6) is 0 Å². The summed E-state index contributed by atoms with van der Waals surface area (Å²) in [4.78, 5) is 36.1. The van der Waals surface area contributed by atoms with Gasteiger partial charge in [-0.2, -0.15) is 0 Å². The zero-order chi connectivity index (χ0) is 24.2.